The number of anilines is 1. The van der Waals surface area contributed by atoms with Crippen molar-refractivity contribution in [2.75, 3.05) is 4.72 Å². The Bertz CT molecular complexity index is 723. The molecule has 0 fully saturated rings. The Hall–Kier alpha value is -1.34. The first kappa shape index (κ1) is 14.1. The van der Waals surface area contributed by atoms with Gasteiger partial charge in [0.1, 0.15) is 0 Å². The second-order valence-electron chi connectivity index (χ2n) is 4.32. The molecule has 0 bridgehead atoms. The average Bonchev–Trinajstić information content (AvgIpc) is 2.60. The quantitative estimate of drug-likeness (QED) is 0.931. The lowest BCUT2D eigenvalue weighted by atomic mass is 10.2. The molecular formula is C12H14BrN3O2S. The summed E-state index contributed by atoms with van der Waals surface area (Å²) in [7, 11) is -1.86. The second kappa shape index (κ2) is 4.97. The molecule has 5 nitrogen and oxygen atoms in total. The summed E-state index contributed by atoms with van der Waals surface area (Å²) in [5.41, 5.74) is 1.82. The van der Waals surface area contributed by atoms with E-state index in [-0.39, 0.29) is 4.90 Å². The van der Waals surface area contributed by atoms with E-state index in [1.165, 1.54) is 0 Å². The first-order chi connectivity index (χ1) is 8.79. The van der Waals surface area contributed by atoms with Gasteiger partial charge < -0.3 is 0 Å². The highest BCUT2D eigenvalue weighted by molar-refractivity contribution is 9.10. The van der Waals surface area contributed by atoms with Crippen molar-refractivity contribution in [3.05, 3.63) is 40.1 Å². The van der Waals surface area contributed by atoms with Crippen LogP contribution in [-0.2, 0) is 17.1 Å². The molecule has 0 saturated carbocycles. The molecular weight excluding hydrogens is 330 g/mol. The predicted molar refractivity (Wildman–Crippen MR) is 77.6 cm³/mol. The van der Waals surface area contributed by atoms with E-state index in [4.69, 9.17) is 0 Å². The van der Waals surface area contributed by atoms with Crippen LogP contribution in [0.25, 0.3) is 0 Å². The van der Waals surface area contributed by atoms with Crippen LogP contribution in [0.1, 0.15) is 11.3 Å². The van der Waals surface area contributed by atoms with Crippen LogP contribution in [-0.4, -0.2) is 18.2 Å². The Kier molecular flexibility index (Phi) is 3.69. The topological polar surface area (TPSA) is 64.0 Å². The van der Waals surface area contributed by atoms with Crippen LogP contribution in [0.15, 0.2) is 33.8 Å². The number of nitrogens with one attached hydrogen (secondary N) is 1. The average molecular weight is 344 g/mol. The minimum Gasteiger partial charge on any atom is -0.276 e. The summed E-state index contributed by atoms with van der Waals surface area (Å²) in [5.74, 6) is 0. The number of benzene rings is 1. The summed E-state index contributed by atoms with van der Waals surface area (Å²) in [4.78, 5) is 0.255. The van der Waals surface area contributed by atoms with E-state index in [1.807, 2.05) is 6.07 Å². The maximum atomic E-state index is 12.4. The largest absolute Gasteiger partial charge is 0.276 e. The van der Waals surface area contributed by atoms with E-state index < -0.39 is 10.0 Å². The molecule has 0 aliphatic heterocycles. The molecule has 19 heavy (non-hydrogen) atoms. The standard InChI is InChI=1S/C12H14BrN3O2S/c1-8-4-5-10(13)6-12(8)19(17,18)15-11-7-16(3)14-9(11)2/h4-7,15H,1-3H3. The third-order valence-corrected chi connectivity index (χ3v) is 4.70. The molecule has 1 heterocycles. The van der Waals surface area contributed by atoms with E-state index in [0.717, 1.165) is 4.47 Å². The number of aromatic nitrogens is 2. The van der Waals surface area contributed by atoms with Crippen LogP contribution in [0.5, 0.6) is 0 Å². The van der Waals surface area contributed by atoms with Crippen molar-refractivity contribution in [3.63, 3.8) is 0 Å². The Morgan fingerprint density at radius 3 is 2.58 bits per heavy atom. The van der Waals surface area contributed by atoms with Gasteiger partial charge >= 0.3 is 0 Å². The van der Waals surface area contributed by atoms with Gasteiger partial charge in [-0.1, -0.05) is 22.0 Å². The highest BCUT2D eigenvalue weighted by Gasteiger charge is 2.19. The van der Waals surface area contributed by atoms with Gasteiger partial charge in [0.25, 0.3) is 10.0 Å². The van der Waals surface area contributed by atoms with Crippen LogP contribution in [0, 0.1) is 13.8 Å². The number of sulfonamides is 1. The fourth-order valence-electron chi connectivity index (χ4n) is 1.76. The molecule has 0 amide bonds. The molecule has 1 N–H and O–H groups in total. The number of nitrogens with zero attached hydrogens (tertiary/aromatic N) is 2. The highest BCUT2D eigenvalue weighted by Crippen LogP contribution is 2.24. The number of hydrogen-bond acceptors (Lipinski definition) is 3. The van der Waals surface area contributed by atoms with Crippen LogP contribution in [0.2, 0.25) is 0 Å². The van der Waals surface area contributed by atoms with Crippen molar-refractivity contribution in [1.29, 1.82) is 0 Å². The molecule has 0 aliphatic rings. The van der Waals surface area contributed by atoms with E-state index in [9.17, 15) is 8.42 Å². The smallest absolute Gasteiger partial charge is 0.262 e. The van der Waals surface area contributed by atoms with Crippen LogP contribution in [0.4, 0.5) is 5.69 Å². The van der Waals surface area contributed by atoms with E-state index >= 15 is 0 Å². The van der Waals surface area contributed by atoms with Crippen LogP contribution < -0.4 is 4.72 Å². The minimum absolute atomic E-state index is 0.255. The third-order valence-electron chi connectivity index (χ3n) is 2.70. The lowest BCUT2D eigenvalue weighted by Gasteiger charge is -2.09. The van der Waals surface area contributed by atoms with Crippen molar-refractivity contribution in [2.24, 2.45) is 7.05 Å². The van der Waals surface area contributed by atoms with Crippen molar-refractivity contribution < 1.29 is 8.42 Å². The van der Waals surface area contributed by atoms with Gasteiger partial charge in [-0.3, -0.25) is 9.40 Å². The monoisotopic (exact) mass is 343 g/mol. The van der Waals surface area contributed by atoms with Gasteiger partial charge in [0, 0.05) is 17.7 Å². The summed E-state index contributed by atoms with van der Waals surface area (Å²) in [6, 6.07) is 5.15. The van der Waals surface area contributed by atoms with Gasteiger partial charge in [-0.2, -0.15) is 5.10 Å². The zero-order valence-electron chi connectivity index (χ0n) is 10.8. The second-order valence-corrected chi connectivity index (χ2v) is 6.88. The van der Waals surface area contributed by atoms with Crippen molar-refractivity contribution in [3.8, 4) is 0 Å². The molecule has 0 unspecified atom stereocenters. The molecule has 2 aromatic rings. The normalized spacial score (nSPS) is 11.6. The fourth-order valence-corrected chi connectivity index (χ4v) is 3.65. The summed E-state index contributed by atoms with van der Waals surface area (Å²) >= 11 is 3.28. The number of aryl methyl sites for hydroxylation is 3. The first-order valence-corrected chi connectivity index (χ1v) is 7.86. The minimum atomic E-state index is -3.61. The van der Waals surface area contributed by atoms with E-state index in [1.54, 1.807) is 43.9 Å². The third kappa shape index (κ3) is 2.98. The van der Waals surface area contributed by atoms with Gasteiger partial charge in [0.15, 0.2) is 0 Å². The Balaban J connectivity index is 2.43. The van der Waals surface area contributed by atoms with E-state index in [2.05, 4.69) is 25.8 Å². The van der Waals surface area contributed by atoms with Crippen molar-refractivity contribution in [1.82, 2.24) is 9.78 Å². The maximum absolute atomic E-state index is 12.4. The molecule has 0 aliphatic carbocycles. The van der Waals surface area contributed by atoms with Crippen LogP contribution >= 0.6 is 15.9 Å². The Morgan fingerprint density at radius 1 is 1.32 bits per heavy atom. The number of halogens is 1. The molecule has 102 valence electrons. The van der Waals surface area contributed by atoms with Gasteiger partial charge in [-0.15, -0.1) is 0 Å². The van der Waals surface area contributed by atoms with E-state index in [0.29, 0.717) is 16.9 Å². The van der Waals surface area contributed by atoms with Crippen molar-refractivity contribution in [2.45, 2.75) is 18.7 Å². The maximum Gasteiger partial charge on any atom is 0.262 e. The van der Waals surface area contributed by atoms with Crippen LogP contribution in [0.3, 0.4) is 0 Å². The molecule has 7 heteroatoms. The number of hydrogen-bond donors (Lipinski definition) is 1. The number of rotatable bonds is 3. The van der Waals surface area contributed by atoms with Gasteiger partial charge in [-0.05, 0) is 31.5 Å². The summed E-state index contributed by atoms with van der Waals surface area (Å²) < 4.78 is 29.6. The zero-order chi connectivity index (χ0) is 14.2. The Labute approximate surface area is 120 Å². The Morgan fingerprint density at radius 2 is 2.00 bits per heavy atom. The predicted octanol–water partition coefficient (Wildman–Crippen LogP) is 2.60. The summed E-state index contributed by atoms with van der Waals surface area (Å²) in [6.07, 6.45) is 1.64. The van der Waals surface area contributed by atoms with Gasteiger partial charge in [-0.25, -0.2) is 8.42 Å². The lowest BCUT2D eigenvalue weighted by molar-refractivity contribution is 0.600. The molecule has 1 aromatic carbocycles. The summed E-state index contributed by atoms with van der Waals surface area (Å²) in [5, 5.41) is 4.11. The lowest BCUT2D eigenvalue weighted by Crippen LogP contribution is -2.14. The SMILES string of the molecule is Cc1ccc(Br)cc1S(=O)(=O)Nc1cn(C)nc1C. The molecule has 1 aromatic heterocycles. The first-order valence-electron chi connectivity index (χ1n) is 5.59. The van der Waals surface area contributed by atoms with Crippen molar-refractivity contribution >= 4 is 31.6 Å². The van der Waals surface area contributed by atoms with Gasteiger partial charge in [0.05, 0.1) is 16.3 Å². The molecule has 0 spiro atoms. The molecule has 0 radical (unpaired) electrons. The van der Waals surface area contributed by atoms with Gasteiger partial charge in [0.2, 0.25) is 0 Å². The molecule has 0 saturated heterocycles. The zero-order valence-corrected chi connectivity index (χ0v) is 13.2. The molecule has 0 atom stereocenters. The highest BCUT2D eigenvalue weighted by atomic mass is 79.9. The summed E-state index contributed by atoms with van der Waals surface area (Å²) in [6.45, 7) is 3.52. The molecule has 2 rings (SSSR count). The fraction of sp³-hybridized carbons (Fsp3) is 0.250.